The fourth-order valence-corrected chi connectivity index (χ4v) is 2.99. The first kappa shape index (κ1) is 12.6. The summed E-state index contributed by atoms with van der Waals surface area (Å²) < 4.78 is 24.1. The Morgan fingerprint density at radius 1 is 0.889 bits per heavy atom. The molecule has 4 heteroatoms. The number of nitrogen functional groups attached to an aromatic ring is 1. The van der Waals surface area contributed by atoms with E-state index >= 15 is 0 Å². The zero-order chi connectivity index (χ0) is 13.0. The SMILES string of the molecule is Nc1ccc(CCS(=O)(=O)c2ccccc2)cc1. The van der Waals surface area contributed by atoms with Gasteiger partial charge in [0.05, 0.1) is 10.6 Å². The van der Waals surface area contributed by atoms with Crippen LogP contribution in [0.1, 0.15) is 5.56 Å². The minimum Gasteiger partial charge on any atom is -0.399 e. The van der Waals surface area contributed by atoms with Crippen LogP contribution in [-0.2, 0) is 16.3 Å². The van der Waals surface area contributed by atoms with E-state index in [9.17, 15) is 8.42 Å². The molecule has 0 fully saturated rings. The minimum atomic E-state index is -3.20. The van der Waals surface area contributed by atoms with Crippen LogP contribution >= 0.6 is 0 Å². The van der Waals surface area contributed by atoms with Crippen LogP contribution in [0.3, 0.4) is 0 Å². The van der Waals surface area contributed by atoms with Crippen LogP contribution in [0.2, 0.25) is 0 Å². The van der Waals surface area contributed by atoms with Crippen molar-refractivity contribution in [3.8, 4) is 0 Å². The summed E-state index contributed by atoms with van der Waals surface area (Å²) in [6.45, 7) is 0. The minimum absolute atomic E-state index is 0.112. The molecule has 0 unspecified atom stereocenters. The number of benzene rings is 2. The molecule has 0 aliphatic rings. The summed E-state index contributed by atoms with van der Waals surface area (Å²) in [6, 6.07) is 15.8. The summed E-state index contributed by atoms with van der Waals surface area (Å²) in [5.41, 5.74) is 7.24. The van der Waals surface area contributed by atoms with E-state index in [4.69, 9.17) is 5.73 Å². The molecule has 0 spiro atoms. The molecular weight excluding hydrogens is 246 g/mol. The van der Waals surface area contributed by atoms with Crippen LogP contribution in [-0.4, -0.2) is 14.2 Å². The van der Waals surface area contributed by atoms with Gasteiger partial charge in [0, 0.05) is 5.69 Å². The van der Waals surface area contributed by atoms with Crippen molar-refractivity contribution in [2.24, 2.45) is 0 Å². The van der Waals surface area contributed by atoms with Crippen LogP contribution in [0.25, 0.3) is 0 Å². The summed E-state index contributed by atoms with van der Waals surface area (Å²) >= 11 is 0. The van der Waals surface area contributed by atoms with Crippen molar-refractivity contribution in [2.75, 3.05) is 11.5 Å². The number of hydrogen-bond donors (Lipinski definition) is 1. The van der Waals surface area contributed by atoms with Gasteiger partial charge < -0.3 is 5.73 Å². The second kappa shape index (κ2) is 5.23. The van der Waals surface area contributed by atoms with Gasteiger partial charge in [0.15, 0.2) is 9.84 Å². The molecular formula is C14H15NO2S. The molecule has 0 bridgehead atoms. The number of anilines is 1. The van der Waals surface area contributed by atoms with Crippen molar-refractivity contribution in [3.63, 3.8) is 0 Å². The molecule has 0 amide bonds. The fraction of sp³-hybridized carbons (Fsp3) is 0.143. The van der Waals surface area contributed by atoms with E-state index in [-0.39, 0.29) is 5.75 Å². The second-order valence-electron chi connectivity index (χ2n) is 4.12. The Bertz CT molecular complexity index is 604. The van der Waals surface area contributed by atoms with E-state index in [2.05, 4.69) is 0 Å². The number of sulfone groups is 1. The van der Waals surface area contributed by atoms with E-state index in [0.717, 1.165) is 5.56 Å². The quantitative estimate of drug-likeness (QED) is 0.859. The van der Waals surface area contributed by atoms with Gasteiger partial charge in [0.2, 0.25) is 0 Å². The molecule has 2 rings (SSSR count). The summed E-state index contributed by atoms with van der Waals surface area (Å²) in [4.78, 5) is 0.375. The molecule has 0 radical (unpaired) electrons. The largest absolute Gasteiger partial charge is 0.399 e. The van der Waals surface area contributed by atoms with E-state index in [0.29, 0.717) is 17.0 Å². The third-order valence-corrected chi connectivity index (χ3v) is 4.47. The smallest absolute Gasteiger partial charge is 0.178 e. The van der Waals surface area contributed by atoms with Crippen molar-refractivity contribution in [1.29, 1.82) is 0 Å². The van der Waals surface area contributed by atoms with Gasteiger partial charge in [-0.25, -0.2) is 8.42 Å². The highest BCUT2D eigenvalue weighted by atomic mass is 32.2. The average Bonchev–Trinajstić information content (AvgIpc) is 2.39. The predicted octanol–water partition coefficient (Wildman–Crippen LogP) is 2.29. The average molecular weight is 261 g/mol. The van der Waals surface area contributed by atoms with Gasteiger partial charge in [-0.05, 0) is 36.2 Å². The highest BCUT2D eigenvalue weighted by molar-refractivity contribution is 7.91. The van der Waals surface area contributed by atoms with Crippen LogP contribution < -0.4 is 5.73 Å². The Morgan fingerprint density at radius 3 is 2.11 bits per heavy atom. The van der Waals surface area contributed by atoms with Crippen LogP contribution in [0.15, 0.2) is 59.5 Å². The first-order valence-electron chi connectivity index (χ1n) is 5.70. The van der Waals surface area contributed by atoms with Crippen LogP contribution in [0, 0.1) is 0 Å². The van der Waals surface area contributed by atoms with Crippen molar-refractivity contribution in [1.82, 2.24) is 0 Å². The topological polar surface area (TPSA) is 60.2 Å². The van der Waals surface area contributed by atoms with Gasteiger partial charge in [-0.1, -0.05) is 30.3 Å². The molecule has 0 saturated carbocycles. The lowest BCUT2D eigenvalue weighted by atomic mass is 10.2. The van der Waals surface area contributed by atoms with Crippen LogP contribution in [0.5, 0.6) is 0 Å². The van der Waals surface area contributed by atoms with Gasteiger partial charge in [0.1, 0.15) is 0 Å². The van der Waals surface area contributed by atoms with Gasteiger partial charge in [0.25, 0.3) is 0 Å². The maximum absolute atomic E-state index is 12.0. The van der Waals surface area contributed by atoms with E-state index < -0.39 is 9.84 Å². The van der Waals surface area contributed by atoms with E-state index in [1.807, 2.05) is 12.1 Å². The Labute approximate surface area is 107 Å². The highest BCUT2D eigenvalue weighted by Crippen LogP contribution is 2.13. The number of hydrogen-bond acceptors (Lipinski definition) is 3. The first-order chi connectivity index (χ1) is 8.58. The predicted molar refractivity (Wildman–Crippen MR) is 73.1 cm³/mol. The number of aryl methyl sites for hydroxylation is 1. The molecule has 18 heavy (non-hydrogen) atoms. The zero-order valence-corrected chi connectivity index (χ0v) is 10.7. The zero-order valence-electron chi connectivity index (χ0n) is 9.91. The molecule has 0 saturated heterocycles. The maximum atomic E-state index is 12.0. The Morgan fingerprint density at radius 2 is 1.50 bits per heavy atom. The standard InChI is InChI=1S/C14H15NO2S/c15-13-8-6-12(7-9-13)10-11-18(16,17)14-4-2-1-3-5-14/h1-9H,10-11,15H2. The van der Waals surface area contributed by atoms with E-state index in [1.54, 1.807) is 42.5 Å². The fourth-order valence-electron chi connectivity index (χ4n) is 1.68. The molecule has 2 aromatic carbocycles. The van der Waals surface area contributed by atoms with Crippen molar-refractivity contribution in [2.45, 2.75) is 11.3 Å². The molecule has 3 nitrogen and oxygen atoms in total. The van der Waals surface area contributed by atoms with Crippen LogP contribution in [0.4, 0.5) is 5.69 Å². The second-order valence-corrected chi connectivity index (χ2v) is 6.23. The summed E-state index contributed by atoms with van der Waals surface area (Å²) in [5, 5.41) is 0. The van der Waals surface area contributed by atoms with Gasteiger partial charge in [-0.2, -0.15) is 0 Å². The van der Waals surface area contributed by atoms with Gasteiger partial charge >= 0.3 is 0 Å². The van der Waals surface area contributed by atoms with Gasteiger partial charge in [-0.3, -0.25) is 0 Å². The third-order valence-electron chi connectivity index (χ3n) is 2.74. The first-order valence-corrected chi connectivity index (χ1v) is 7.35. The van der Waals surface area contributed by atoms with Crippen molar-refractivity contribution < 1.29 is 8.42 Å². The molecule has 0 atom stereocenters. The van der Waals surface area contributed by atoms with Gasteiger partial charge in [-0.15, -0.1) is 0 Å². The lowest BCUT2D eigenvalue weighted by molar-refractivity contribution is 0.595. The maximum Gasteiger partial charge on any atom is 0.178 e. The van der Waals surface area contributed by atoms with E-state index in [1.165, 1.54) is 0 Å². The summed E-state index contributed by atoms with van der Waals surface area (Å²) in [6.07, 6.45) is 0.498. The van der Waals surface area contributed by atoms with Crippen molar-refractivity contribution in [3.05, 3.63) is 60.2 Å². The third kappa shape index (κ3) is 3.11. The lowest BCUT2D eigenvalue weighted by Crippen LogP contribution is -2.09. The molecule has 2 aromatic rings. The normalized spacial score (nSPS) is 11.3. The summed E-state index contributed by atoms with van der Waals surface area (Å²) in [7, 11) is -3.20. The molecule has 0 aliphatic heterocycles. The molecule has 0 aromatic heterocycles. The Balaban J connectivity index is 2.08. The Kier molecular flexibility index (Phi) is 3.67. The molecule has 0 aliphatic carbocycles. The molecule has 0 heterocycles. The Hall–Kier alpha value is -1.81. The number of nitrogens with two attached hydrogens (primary N) is 1. The molecule has 94 valence electrons. The summed E-state index contributed by atoms with van der Waals surface area (Å²) in [5.74, 6) is 0.112. The highest BCUT2D eigenvalue weighted by Gasteiger charge is 2.13. The monoisotopic (exact) mass is 261 g/mol. The number of rotatable bonds is 4. The van der Waals surface area contributed by atoms with Crippen molar-refractivity contribution >= 4 is 15.5 Å². The lowest BCUT2D eigenvalue weighted by Gasteiger charge is -2.04. The molecule has 2 N–H and O–H groups in total.